The van der Waals surface area contributed by atoms with Crippen LogP contribution in [0.1, 0.15) is 18.1 Å². The number of carbonyl (C=O) groups excluding carboxylic acids is 2. The minimum atomic E-state index is -0.569. The second-order valence-electron chi connectivity index (χ2n) is 6.85. The van der Waals surface area contributed by atoms with Crippen molar-refractivity contribution in [1.29, 1.82) is 0 Å². The molecule has 2 N–H and O–H groups in total. The van der Waals surface area contributed by atoms with Gasteiger partial charge in [-0.25, -0.2) is 9.78 Å². The van der Waals surface area contributed by atoms with E-state index in [4.69, 9.17) is 4.98 Å². The smallest absolute Gasteiger partial charge is 0.321 e. The van der Waals surface area contributed by atoms with E-state index < -0.39 is 17.2 Å². The lowest BCUT2D eigenvalue weighted by Gasteiger charge is -2.12. The Kier molecular flexibility index (Phi) is 6.79. The summed E-state index contributed by atoms with van der Waals surface area (Å²) in [5.74, 6) is -0.428. The maximum atomic E-state index is 12.2. The van der Waals surface area contributed by atoms with Crippen LogP contribution in [-0.4, -0.2) is 39.4 Å². The van der Waals surface area contributed by atoms with E-state index in [-0.39, 0.29) is 0 Å². The van der Waals surface area contributed by atoms with Crippen molar-refractivity contribution < 1.29 is 9.59 Å². The lowest BCUT2D eigenvalue weighted by Crippen LogP contribution is -2.41. The van der Waals surface area contributed by atoms with Gasteiger partial charge in [0.1, 0.15) is 11.4 Å². The average molecular weight is 422 g/mol. The first-order valence-corrected chi connectivity index (χ1v) is 10.3. The summed E-state index contributed by atoms with van der Waals surface area (Å²) in [4.78, 5) is 28.2. The molecule has 7 nitrogen and oxygen atoms in total. The number of hydrogen-bond donors (Lipinski definition) is 2. The Labute approximate surface area is 179 Å². The molecule has 1 unspecified atom stereocenters. The van der Waals surface area contributed by atoms with E-state index in [1.54, 1.807) is 6.92 Å². The number of imide groups is 1. The third-order valence-corrected chi connectivity index (χ3v) is 5.38. The number of carbonyl (C=O) groups is 2. The molecule has 1 heterocycles. The molecule has 0 radical (unpaired) electrons. The van der Waals surface area contributed by atoms with E-state index >= 15 is 0 Å². The summed E-state index contributed by atoms with van der Waals surface area (Å²) in [6.07, 6.45) is 0. The largest absolute Gasteiger partial charge is 0.341 e. The molecule has 0 saturated carbocycles. The lowest BCUT2D eigenvalue weighted by atomic mass is 10.0. The van der Waals surface area contributed by atoms with Gasteiger partial charge in [-0.2, -0.15) is 0 Å². The van der Waals surface area contributed by atoms with Crippen LogP contribution in [0, 0.1) is 13.8 Å². The quantitative estimate of drug-likeness (QED) is 0.609. The van der Waals surface area contributed by atoms with E-state index in [9.17, 15) is 9.59 Å². The molecule has 0 aliphatic carbocycles. The zero-order valence-electron chi connectivity index (χ0n) is 17.3. The third-order valence-electron chi connectivity index (χ3n) is 4.43. The molecule has 3 amide bonds. The van der Waals surface area contributed by atoms with Gasteiger partial charge in [-0.1, -0.05) is 71.4 Å². The molecule has 0 spiro atoms. The predicted molar refractivity (Wildman–Crippen MR) is 118 cm³/mol. The van der Waals surface area contributed by atoms with Gasteiger partial charge in [-0.15, -0.1) is 10.2 Å². The van der Waals surface area contributed by atoms with Crippen LogP contribution in [0.15, 0.2) is 53.7 Å². The number of aryl methyl sites for hydroxylation is 2. The van der Waals surface area contributed by atoms with Crippen molar-refractivity contribution in [3.05, 3.63) is 59.7 Å². The first-order valence-electron chi connectivity index (χ1n) is 9.45. The lowest BCUT2D eigenvalue weighted by molar-refractivity contribution is -0.119. The Morgan fingerprint density at radius 2 is 1.40 bits per heavy atom. The molecule has 0 fully saturated rings. The van der Waals surface area contributed by atoms with Crippen LogP contribution in [0.5, 0.6) is 0 Å². The average Bonchev–Trinajstić information content (AvgIpc) is 2.74. The van der Waals surface area contributed by atoms with Crippen molar-refractivity contribution in [2.45, 2.75) is 31.2 Å². The molecule has 30 heavy (non-hydrogen) atoms. The van der Waals surface area contributed by atoms with Gasteiger partial charge in [0.15, 0.2) is 0 Å². The van der Waals surface area contributed by atoms with Gasteiger partial charge in [0.05, 0.1) is 5.25 Å². The normalized spacial score (nSPS) is 11.6. The van der Waals surface area contributed by atoms with Crippen LogP contribution < -0.4 is 10.6 Å². The summed E-state index contributed by atoms with van der Waals surface area (Å²) >= 11 is 1.15. The highest BCUT2D eigenvalue weighted by molar-refractivity contribution is 8.00. The minimum Gasteiger partial charge on any atom is -0.341 e. The number of amides is 3. The van der Waals surface area contributed by atoms with Crippen molar-refractivity contribution in [2.24, 2.45) is 0 Å². The van der Waals surface area contributed by atoms with Gasteiger partial charge in [0.25, 0.3) is 0 Å². The molecule has 3 rings (SSSR count). The van der Waals surface area contributed by atoms with E-state index in [0.717, 1.165) is 34.0 Å². The Balaban J connectivity index is 1.96. The fraction of sp³-hybridized carbons (Fsp3) is 0.227. The number of hydrogen-bond acceptors (Lipinski definition) is 6. The first-order chi connectivity index (χ1) is 14.4. The molecule has 1 aromatic heterocycles. The second-order valence-corrected chi connectivity index (χ2v) is 8.16. The van der Waals surface area contributed by atoms with E-state index in [1.807, 2.05) is 62.4 Å². The standard InChI is InChI=1S/C22H23N5O2S/c1-13-5-9-16(10-6-13)18-19(17-11-7-14(2)8-12-17)26-27-22(24-18)30-15(3)20(28)25-21(29)23-4/h5-12,15H,1-4H3,(H2,23,25,28,29). The zero-order chi connectivity index (χ0) is 21.7. The van der Waals surface area contributed by atoms with Gasteiger partial charge >= 0.3 is 6.03 Å². The van der Waals surface area contributed by atoms with Crippen molar-refractivity contribution in [2.75, 3.05) is 7.05 Å². The molecule has 154 valence electrons. The molecule has 0 aliphatic rings. The van der Waals surface area contributed by atoms with Crippen molar-refractivity contribution in [1.82, 2.24) is 25.8 Å². The van der Waals surface area contributed by atoms with Crippen LogP contribution >= 0.6 is 11.8 Å². The van der Waals surface area contributed by atoms with Gasteiger partial charge < -0.3 is 5.32 Å². The number of rotatable bonds is 5. The molecule has 0 aliphatic heterocycles. The topological polar surface area (TPSA) is 96.9 Å². The molecule has 1 atom stereocenters. The van der Waals surface area contributed by atoms with E-state index in [1.165, 1.54) is 7.05 Å². The molecule has 0 saturated heterocycles. The number of benzene rings is 2. The molecular formula is C22H23N5O2S. The SMILES string of the molecule is CNC(=O)NC(=O)C(C)Sc1nnc(-c2ccc(C)cc2)c(-c2ccc(C)cc2)n1. The Morgan fingerprint density at radius 3 is 1.93 bits per heavy atom. The van der Waals surface area contributed by atoms with Crippen LogP contribution in [0.2, 0.25) is 0 Å². The first kappa shape index (κ1) is 21.4. The minimum absolute atomic E-state index is 0.362. The fourth-order valence-electron chi connectivity index (χ4n) is 2.67. The molecule has 3 aromatic rings. The Bertz CT molecular complexity index is 1050. The fourth-order valence-corrected chi connectivity index (χ4v) is 3.38. The van der Waals surface area contributed by atoms with Gasteiger partial charge in [0.2, 0.25) is 11.1 Å². The summed E-state index contributed by atoms with van der Waals surface area (Å²) in [5.41, 5.74) is 5.49. The van der Waals surface area contributed by atoms with Crippen molar-refractivity contribution in [3.8, 4) is 22.5 Å². The molecule has 8 heteroatoms. The van der Waals surface area contributed by atoms with E-state index in [0.29, 0.717) is 16.5 Å². The van der Waals surface area contributed by atoms with Crippen LogP contribution in [0.25, 0.3) is 22.5 Å². The summed E-state index contributed by atoms with van der Waals surface area (Å²) in [7, 11) is 1.45. The molecule has 0 bridgehead atoms. The van der Waals surface area contributed by atoms with E-state index in [2.05, 4.69) is 20.8 Å². The second kappa shape index (κ2) is 9.49. The van der Waals surface area contributed by atoms with Gasteiger partial charge in [-0.05, 0) is 20.8 Å². The van der Waals surface area contributed by atoms with Crippen molar-refractivity contribution >= 4 is 23.7 Å². The predicted octanol–water partition coefficient (Wildman–Crippen LogP) is 3.76. The highest BCUT2D eigenvalue weighted by Crippen LogP contribution is 2.31. The highest BCUT2D eigenvalue weighted by atomic mass is 32.2. The number of urea groups is 1. The maximum Gasteiger partial charge on any atom is 0.321 e. The Morgan fingerprint density at radius 1 is 0.867 bits per heavy atom. The van der Waals surface area contributed by atoms with Gasteiger partial charge in [-0.3, -0.25) is 10.1 Å². The van der Waals surface area contributed by atoms with Crippen molar-refractivity contribution in [3.63, 3.8) is 0 Å². The number of nitrogens with zero attached hydrogens (tertiary/aromatic N) is 3. The van der Waals surface area contributed by atoms with Gasteiger partial charge in [0, 0.05) is 18.2 Å². The summed E-state index contributed by atoms with van der Waals surface area (Å²) in [5, 5.41) is 13.1. The maximum absolute atomic E-state index is 12.2. The monoisotopic (exact) mass is 421 g/mol. The summed E-state index contributed by atoms with van der Waals surface area (Å²) in [6, 6.07) is 15.5. The molecule has 2 aromatic carbocycles. The third kappa shape index (κ3) is 5.21. The molecular weight excluding hydrogens is 398 g/mol. The van der Waals surface area contributed by atoms with Crippen LogP contribution in [-0.2, 0) is 4.79 Å². The summed E-state index contributed by atoms with van der Waals surface area (Å²) in [6.45, 7) is 5.74. The summed E-state index contributed by atoms with van der Waals surface area (Å²) < 4.78 is 0. The number of aromatic nitrogens is 3. The zero-order valence-corrected chi connectivity index (χ0v) is 18.1. The van der Waals surface area contributed by atoms with Crippen LogP contribution in [0.4, 0.5) is 4.79 Å². The highest BCUT2D eigenvalue weighted by Gasteiger charge is 2.20. The number of nitrogens with one attached hydrogen (secondary N) is 2. The Hall–Kier alpha value is -3.26. The number of thioether (sulfide) groups is 1. The van der Waals surface area contributed by atoms with Crippen LogP contribution in [0.3, 0.4) is 0 Å².